The van der Waals surface area contributed by atoms with Crippen LogP contribution >= 0.6 is 0 Å². The average molecular weight is 580 g/mol. The van der Waals surface area contributed by atoms with Crippen molar-refractivity contribution in [3.05, 3.63) is 115 Å². The number of aromatic nitrogens is 2. The lowest BCUT2D eigenvalue weighted by Crippen LogP contribution is -2.27. The summed E-state index contributed by atoms with van der Waals surface area (Å²) in [5.41, 5.74) is 3.77. The fourth-order valence-electron chi connectivity index (χ4n) is 5.12. The van der Waals surface area contributed by atoms with Gasteiger partial charge in [0.2, 0.25) is 0 Å². The number of rotatable bonds is 9. The Labute approximate surface area is 244 Å². The van der Waals surface area contributed by atoms with E-state index in [1.165, 1.54) is 4.31 Å². The van der Waals surface area contributed by atoms with Gasteiger partial charge in [-0.1, -0.05) is 78.0 Å². The molecule has 1 aliphatic rings. The van der Waals surface area contributed by atoms with Crippen LogP contribution in [0, 0.1) is 6.92 Å². The van der Waals surface area contributed by atoms with E-state index in [0.29, 0.717) is 29.3 Å². The highest BCUT2D eigenvalue weighted by molar-refractivity contribution is 7.93. The second kappa shape index (κ2) is 10.9. The van der Waals surface area contributed by atoms with Gasteiger partial charge in [0.25, 0.3) is 10.0 Å². The molecule has 1 fully saturated rings. The zero-order chi connectivity index (χ0) is 29.3. The Hall–Kier alpha value is -4.76. The van der Waals surface area contributed by atoms with Crippen LogP contribution in [-0.2, 0) is 25.0 Å². The molecule has 1 saturated carbocycles. The van der Waals surface area contributed by atoms with Gasteiger partial charge in [-0.3, -0.25) is 4.79 Å². The van der Waals surface area contributed by atoms with Crippen LogP contribution in [0.1, 0.15) is 31.0 Å². The monoisotopic (exact) mass is 579 g/mol. The average Bonchev–Trinajstić information content (AvgIpc) is 3.76. The van der Waals surface area contributed by atoms with Crippen molar-refractivity contribution in [2.75, 3.05) is 10.9 Å². The Bertz CT molecular complexity index is 1810. The van der Waals surface area contributed by atoms with Crippen molar-refractivity contribution < 1.29 is 22.5 Å². The number of sulfonamides is 1. The first kappa shape index (κ1) is 27.4. The van der Waals surface area contributed by atoms with Crippen LogP contribution in [0.2, 0.25) is 0 Å². The Morgan fingerprint density at radius 1 is 0.881 bits per heavy atom. The van der Waals surface area contributed by atoms with E-state index < -0.39 is 15.4 Å². The minimum Gasteiger partial charge on any atom is -0.465 e. The molecule has 9 heteroatoms. The minimum atomic E-state index is -4.06. The van der Waals surface area contributed by atoms with Crippen LogP contribution in [0.3, 0.4) is 0 Å². The molecular weight excluding hydrogens is 550 g/mol. The molecule has 8 nitrogen and oxygen atoms in total. The summed E-state index contributed by atoms with van der Waals surface area (Å²) < 4.78 is 40.2. The first-order chi connectivity index (χ1) is 20.3. The zero-order valence-corrected chi connectivity index (χ0v) is 24.0. The second-order valence-corrected chi connectivity index (χ2v) is 12.0. The molecule has 42 heavy (non-hydrogen) atoms. The van der Waals surface area contributed by atoms with Crippen LogP contribution in [0.5, 0.6) is 0 Å². The van der Waals surface area contributed by atoms with Gasteiger partial charge in [0.15, 0.2) is 5.76 Å². The molecule has 3 aromatic carbocycles. The third-order valence-electron chi connectivity index (χ3n) is 7.51. The predicted molar refractivity (Wildman–Crippen MR) is 160 cm³/mol. The number of carbonyl (C=O) groups excluding carboxylic acids is 1. The number of pyridine rings is 1. The number of nitrogens with zero attached hydrogens (tertiary/aromatic N) is 3. The number of carbonyl (C=O) groups is 1. The number of benzene rings is 3. The molecular formula is C33H29N3O5S. The lowest BCUT2D eigenvalue weighted by atomic mass is 9.93. The van der Waals surface area contributed by atoms with E-state index in [2.05, 4.69) is 10.1 Å². The summed E-state index contributed by atoms with van der Waals surface area (Å²) in [4.78, 5) is 17.0. The number of esters is 1. The lowest BCUT2D eigenvalue weighted by molar-refractivity contribution is -0.146. The van der Waals surface area contributed by atoms with E-state index in [9.17, 15) is 13.2 Å². The number of anilines is 2. The van der Waals surface area contributed by atoms with Gasteiger partial charge in [0.05, 0.1) is 16.9 Å². The molecule has 6 rings (SSSR count). The molecule has 212 valence electrons. The maximum Gasteiger partial charge on any atom is 0.316 e. The van der Waals surface area contributed by atoms with Crippen molar-refractivity contribution in [2.45, 2.75) is 37.0 Å². The van der Waals surface area contributed by atoms with E-state index in [1.807, 2.05) is 55.5 Å². The molecule has 0 unspecified atom stereocenters. The summed E-state index contributed by atoms with van der Waals surface area (Å²) in [6.45, 7) is 3.90. The molecule has 0 aliphatic heterocycles. The first-order valence-corrected chi connectivity index (χ1v) is 15.2. The predicted octanol–water partition coefficient (Wildman–Crippen LogP) is 6.83. The molecule has 2 aromatic heterocycles. The van der Waals surface area contributed by atoms with Gasteiger partial charge in [0.1, 0.15) is 17.2 Å². The highest BCUT2D eigenvalue weighted by Crippen LogP contribution is 2.49. The SMILES string of the molecule is CCOC(=O)C1(c2ccc(-c3ccc(-c4onc(C)c4N(c4ccccn4)S(=O)(=O)c4ccccc4)cc3)cc2)CC1. The number of hydrogen-bond donors (Lipinski definition) is 0. The Morgan fingerprint density at radius 3 is 2.10 bits per heavy atom. The fraction of sp³-hybridized carbons (Fsp3) is 0.182. The molecule has 0 radical (unpaired) electrons. The van der Waals surface area contributed by atoms with Crippen molar-refractivity contribution in [3.8, 4) is 22.5 Å². The molecule has 2 heterocycles. The third kappa shape index (κ3) is 4.86. The third-order valence-corrected chi connectivity index (χ3v) is 9.23. The van der Waals surface area contributed by atoms with Crippen molar-refractivity contribution in [1.82, 2.24) is 10.1 Å². The summed E-state index contributed by atoms with van der Waals surface area (Å²) in [5, 5.41) is 4.15. The molecule has 5 aromatic rings. The van der Waals surface area contributed by atoms with Gasteiger partial charge in [-0.15, -0.1) is 0 Å². The maximum atomic E-state index is 14.0. The quantitative estimate of drug-likeness (QED) is 0.176. The lowest BCUT2D eigenvalue weighted by Gasteiger charge is -2.23. The van der Waals surface area contributed by atoms with E-state index in [4.69, 9.17) is 9.26 Å². The molecule has 0 spiro atoms. The molecule has 0 amide bonds. The van der Waals surface area contributed by atoms with E-state index in [-0.39, 0.29) is 16.7 Å². The van der Waals surface area contributed by atoms with Crippen molar-refractivity contribution in [2.24, 2.45) is 0 Å². The highest BCUT2D eigenvalue weighted by atomic mass is 32.2. The van der Waals surface area contributed by atoms with Gasteiger partial charge in [-0.25, -0.2) is 17.7 Å². The smallest absolute Gasteiger partial charge is 0.316 e. The summed E-state index contributed by atoms with van der Waals surface area (Å²) in [7, 11) is -4.06. The number of ether oxygens (including phenoxy) is 1. The van der Waals surface area contributed by atoms with Crippen LogP contribution in [0.25, 0.3) is 22.5 Å². The summed E-state index contributed by atoms with van der Waals surface area (Å²) in [5.74, 6) is 0.376. The summed E-state index contributed by atoms with van der Waals surface area (Å²) in [6.07, 6.45) is 3.14. The first-order valence-electron chi connectivity index (χ1n) is 13.7. The van der Waals surface area contributed by atoms with E-state index >= 15 is 0 Å². The minimum absolute atomic E-state index is 0.122. The fourth-order valence-corrected chi connectivity index (χ4v) is 6.65. The molecule has 0 saturated heterocycles. The Balaban J connectivity index is 1.35. The van der Waals surface area contributed by atoms with Gasteiger partial charge < -0.3 is 9.26 Å². The molecule has 0 bridgehead atoms. The topological polar surface area (TPSA) is 103 Å². The van der Waals surface area contributed by atoms with Crippen LogP contribution in [0.4, 0.5) is 11.5 Å². The molecule has 0 N–H and O–H groups in total. The summed E-state index contributed by atoms with van der Waals surface area (Å²) in [6, 6.07) is 28.9. The standard InChI is InChI=1S/C33H29N3O5S/c1-3-40-32(37)33(20-21-33)27-18-16-25(17-19-27)24-12-14-26(15-13-24)31-30(23(2)35-41-31)36(29-11-7-8-22-34-29)42(38,39)28-9-5-4-6-10-28/h4-19,22H,3,20-21H2,1-2H3. The highest BCUT2D eigenvalue weighted by Gasteiger charge is 2.52. The van der Waals surface area contributed by atoms with Gasteiger partial charge in [-0.05, 0) is 67.6 Å². The van der Waals surface area contributed by atoms with Crippen molar-refractivity contribution in [1.29, 1.82) is 0 Å². The van der Waals surface area contributed by atoms with Gasteiger partial charge >= 0.3 is 5.97 Å². The maximum absolute atomic E-state index is 14.0. The largest absolute Gasteiger partial charge is 0.465 e. The van der Waals surface area contributed by atoms with Crippen LogP contribution < -0.4 is 4.31 Å². The normalized spacial score (nSPS) is 13.9. The van der Waals surface area contributed by atoms with Gasteiger partial charge in [0, 0.05) is 11.8 Å². The van der Waals surface area contributed by atoms with E-state index in [1.54, 1.807) is 61.7 Å². The second-order valence-electron chi connectivity index (χ2n) is 10.2. The number of aryl methyl sites for hydroxylation is 1. The molecule has 1 aliphatic carbocycles. The van der Waals surface area contributed by atoms with Gasteiger partial charge in [-0.2, -0.15) is 0 Å². The number of hydrogen-bond acceptors (Lipinski definition) is 7. The zero-order valence-electron chi connectivity index (χ0n) is 23.2. The molecule has 0 atom stereocenters. The van der Waals surface area contributed by atoms with Crippen LogP contribution in [-0.4, -0.2) is 31.1 Å². The summed E-state index contributed by atoms with van der Waals surface area (Å²) >= 11 is 0. The van der Waals surface area contributed by atoms with Crippen molar-refractivity contribution >= 4 is 27.5 Å². The van der Waals surface area contributed by atoms with Crippen molar-refractivity contribution in [3.63, 3.8) is 0 Å². The Morgan fingerprint density at radius 2 is 1.50 bits per heavy atom. The van der Waals surface area contributed by atoms with Crippen LogP contribution in [0.15, 0.2) is 113 Å². The Kier molecular flexibility index (Phi) is 7.12. The van der Waals surface area contributed by atoms with E-state index in [0.717, 1.165) is 29.5 Å².